The fourth-order valence-electron chi connectivity index (χ4n) is 0.654. The SMILES string of the molecule is CC#C\C=C/C(=C\N=C/C)CC. The van der Waals surface area contributed by atoms with Gasteiger partial charge in [-0.3, -0.25) is 4.99 Å². The second-order valence-electron chi connectivity index (χ2n) is 2.19. The average Bonchev–Trinajstić information content (AvgIpc) is 2.11. The summed E-state index contributed by atoms with van der Waals surface area (Å²) in [5, 5.41) is 0. The summed E-state index contributed by atoms with van der Waals surface area (Å²) in [4.78, 5) is 4.04. The van der Waals surface area contributed by atoms with Crippen molar-refractivity contribution in [3.05, 3.63) is 23.9 Å². The van der Waals surface area contributed by atoms with E-state index in [2.05, 4.69) is 23.8 Å². The quantitative estimate of drug-likeness (QED) is 0.343. The summed E-state index contributed by atoms with van der Waals surface area (Å²) in [5.41, 5.74) is 1.19. The maximum absolute atomic E-state index is 4.04. The maximum Gasteiger partial charge on any atom is 0.0295 e. The van der Waals surface area contributed by atoms with Crippen molar-refractivity contribution in [2.45, 2.75) is 27.2 Å². The number of hydrogen-bond acceptors (Lipinski definition) is 1. The molecule has 1 nitrogen and oxygen atoms in total. The van der Waals surface area contributed by atoms with Gasteiger partial charge < -0.3 is 0 Å². The second kappa shape index (κ2) is 7.81. The van der Waals surface area contributed by atoms with Crippen molar-refractivity contribution in [3.63, 3.8) is 0 Å². The van der Waals surface area contributed by atoms with E-state index in [0.717, 1.165) is 6.42 Å². The van der Waals surface area contributed by atoms with E-state index in [1.807, 2.05) is 32.2 Å². The Kier molecular flexibility index (Phi) is 6.97. The highest BCUT2D eigenvalue weighted by Gasteiger charge is 1.83. The van der Waals surface area contributed by atoms with Crippen molar-refractivity contribution >= 4 is 6.21 Å². The molecule has 0 saturated heterocycles. The largest absolute Gasteiger partial charge is 0.269 e. The van der Waals surface area contributed by atoms with E-state index in [1.165, 1.54) is 5.57 Å². The lowest BCUT2D eigenvalue weighted by atomic mass is 10.2. The number of rotatable bonds is 3. The third-order valence-electron chi connectivity index (χ3n) is 1.32. The first kappa shape index (κ1) is 10.7. The maximum atomic E-state index is 4.04. The van der Waals surface area contributed by atoms with Crippen LogP contribution in [0.5, 0.6) is 0 Å². The fraction of sp³-hybridized carbons (Fsp3) is 0.364. The van der Waals surface area contributed by atoms with Crippen LogP contribution in [0.25, 0.3) is 0 Å². The standard InChI is InChI=1S/C11H15N/c1-4-7-8-9-11(5-2)10-12-6-3/h6,8-10H,5H2,1-3H3/b9-8-,11-10-,12-6-. The Morgan fingerprint density at radius 2 is 2.25 bits per heavy atom. The van der Waals surface area contributed by atoms with Gasteiger partial charge >= 0.3 is 0 Å². The summed E-state index contributed by atoms with van der Waals surface area (Å²) in [6, 6.07) is 0. The van der Waals surface area contributed by atoms with Crippen molar-refractivity contribution in [1.82, 2.24) is 0 Å². The molecule has 0 atom stereocenters. The van der Waals surface area contributed by atoms with Crippen LogP contribution in [0.2, 0.25) is 0 Å². The molecule has 0 aliphatic rings. The monoisotopic (exact) mass is 161 g/mol. The Hall–Kier alpha value is -1.29. The molecule has 1 heteroatoms. The molecule has 64 valence electrons. The van der Waals surface area contributed by atoms with Crippen LogP contribution in [0.1, 0.15) is 27.2 Å². The van der Waals surface area contributed by atoms with Gasteiger partial charge in [0.2, 0.25) is 0 Å². The summed E-state index contributed by atoms with van der Waals surface area (Å²) >= 11 is 0. The van der Waals surface area contributed by atoms with Crippen molar-refractivity contribution in [1.29, 1.82) is 0 Å². The third kappa shape index (κ3) is 5.49. The highest BCUT2D eigenvalue weighted by atomic mass is 14.7. The number of aliphatic imine (C=N–C) groups is 1. The molecule has 0 N–H and O–H groups in total. The average molecular weight is 161 g/mol. The van der Waals surface area contributed by atoms with Crippen molar-refractivity contribution < 1.29 is 0 Å². The fourth-order valence-corrected chi connectivity index (χ4v) is 0.654. The van der Waals surface area contributed by atoms with Crippen molar-refractivity contribution in [2.75, 3.05) is 0 Å². The molecule has 0 unspecified atom stereocenters. The molecule has 0 bridgehead atoms. The van der Waals surface area contributed by atoms with Crippen LogP contribution in [-0.2, 0) is 0 Å². The Morgan fingerprint density at radius 1 is 1.50 bits per heavy atom. The van der Waals surface area contributed by atoms with E-state index in [4.69, 9.17) is 0 Å². The Morgan fingerprint density at radius 3 is 2.75 bits per heavy atom. The summed E-state index contributed by atoms with van der Waals surface area (Å²) in [6.45, 7) is 5.82. The first-order valence-electron chi connectivity index (χ1n) is 4.10. The number of allylic oxidation sites excluding steroid dienone is 3. The molecule has 0 rings (SSSR count). The molecule has 12 heavy (non-hydrogen) atoms. The highest BCUT2D eigenvalue weighted by molar-refractivity contribution is 5.54. The summed E-state index contributed by atoms with van der Waals surface area (Å²) in [6.07, 6.45) is 8.45. The zero-order chi connectivity index (χ0) is 9.23. The first-order valence-corrected chi connectivity index (χ1v) is 4.10. The smallest absolute Gasteiger partial charge is 0.0295 e. The van der Waals surface area contributed by atoms with Crippen molar-refractivity contribution in [2.24, 2.45) is 4.99 Å². The van der Waals surface area contributed by atoms with E-state index in [0.29, 0.717) is 0 Å². The lowest BCUT2D eigenvalue weighted by Crippen LogP contribution is -1.72. The zero-order valence-electron chi connectivity index (χ0n) is 7.96. The van der Waals surface area contributed by atoms with E-state index in [-0.39, 0.29) is 0 Å². The zero-order valence-corrected chi connectivity index (χ0v) is 7.96. The molecule has 0 heterocycles. The molecule has 0 spiro atoms. The minimum atomic E-state index is 0.985. The summed E-state index contributed by atoms with van der Waals surface area (Å²) in [5.74, 6) is 5.67. The van der Waals surface area contributed by atoms with Crippen LogP contribution >= 0.6 is 0 Å². The van der Waals surface area contributed by atoms with Crippen molar-refractivity contribution in [3.8, 4) is 11.8 Å². The van der Waals surface area contributed by atoms with E-state index < -0.39 is 0 Å². The lowest BCUT2D eigenvalue weighted by molar-refractivity contribution is 1.14. The molecule has 0 aliphatic carbocycles. The predicted molar refractivity (Wildman–Crippen MR) is 55.1 cm³/mol. The van der Waals surface area contributed by atoms with Gasteiger partial charge in [0, 0.05) is 12.4 Å². The van der Waals surface area contributed by atoms with Gasteiger partial charge in [-0.1, -0.05) is 12.8 Å². The number of nitrogens with zero attached hydrogens (tertiary/aromatic N) is 1. The van der Waals surface area contributed by atoms with E-state index in [1.54, 1.807) is 6.21 Å². The van der Waals surface area contributed by atoms with Crippen LogP contribution in [0.15, 0.2) is 28.9 Å². The molecule has 0 amide bonds. The Bertz CT molecular complexity index is 246. The van der Waals surface area contributed by atoms with Gasteiger partial charge in [0.05, 0.1) is 0 Å². The predicted octanol–water partition coefficient (Wildman–Crippen LogP) is 2.95. The molecule has 0 radical (unpaired) electrons. The van der Waals surface area contributed by atoms with Gasteiger partial charge in [0.25, 0.3) is 0 Å². The van der Waals surface area contributed by atoms with Gasteiger partial charge in [-0.15, -0.1) is 5.92 Å². The minimum Gasteiger partial charge on any atom is -0.269 e. The first-order chi connectivity index (χ1) is 5.85. The molecular weight excluding hydrogens is 146 g/mol. The molecule has 0 aromatic rings. The van der Waals surface area contributed by atoms with Gasteiger partial charge in [-0.05, 0) is 38.0 Å². The summed E-state index contributed by atoms with van der Waals surface area (Å²) in [7, 11) is 0. The van der Waals surface area contributed by atoms with Gasteiger partial charge in [-0.2, -0.15) is 0 Å². The van der Waals surface area contributed by atoms with Crippen LogP contribution in [0.3, 0.4) is 0 Å². The highest BCUT2D eigenvalue weighted by Crippen LogP contribution is 2.01. The van der Waals surface area contributed by atoms with Gasteiger partial charge in [0.15, 0.2) is 0 Å². The molecule has 0 aliphatic heterocycles. The molecular formula is C11H15N. The number of hydrogen-bond donors (Lipinski definition) is 0. The molecule has 0 fully saturated rings. The van der Waals surface area contributed by atoms with Crippen LogP contribution < -0.4 is 0 Å². The van der Waals surface area contributed by atoms with E-state index in [9.17, 15) is 0 Å². The molecule has 0 aromatic carbocycles. The van der Waals surface area contributed by atoms with Crippen LogP contribution in [0, 0.1) is 11.8 Å². The Labute approximate surface area is 74.9 Å². The normalized spacial score (nSPS) is 12.1. The van der Waals surface area contributed by atoms with Gasteiger partial charge in [0.1, 0.15) is 0 Å². The lowest BCUT2D eigenvalue weighted by Gasteiger charge is -1.90. The second-order valence-corrected chi connectivity index (χ2v) is 2.19. The van der Waals surface area contributed by atoms with E-state index >= 15 is 0 Å². The minimum absolute atomic E-state index is 0.985. The summed E-state index contributed by atoms with van der Waals surface area (Å²) < 4.78 is 0. The molecule has 0 saturated carbocycles. The third-order valence-corrected chi connectivity index (χ3v) is 1.32. The van der Waals surface area contributed by atoms with Crippen LogP contribution in [-0.4, -0.2) is 6.21 Å². The Balaban J connectivity index is 4.22. The van der Waals surface area contributed by atoms with Gasteiger partial charge in [-0.25, -0.2) is 0 Å². The molecule has 0 aromatic heterocycles. The topological polar surface area (TPSA) is 12.4 Å². The van der Waals surface area contributed by atoms with Crippen LogP contribution in [0.4, 0.5) is 0 Å².